The summed E-state index contributed by atoms with van der Waals surface area (Å²) in [6, 6.07) is 3.74. The molecule has 6 heteroatoms. The van der Waals surface area contributed by atoms with E-state index in [9.17, 15) is 4.79 Å². The Hall–Kier alpha value is -2.08. The van der Waals surface area contributed by atoms with E-state index in [0.29, 0.717) is 12.1 Å². The Balaban J connectivity index is 2.13. The maximum absolute atomic E-state index is 10.9. The Morgan fingerprint density at radius 2 is 2.05 bits per heavy atom. The van der Waals surface area contributed by atoms with Gasteiger partial charge in [-0.15, -0.1) is 0 Å². The molecule has 4 N–H and O–H groups in total. The van der Waals surface area contributed by atoms with Gasteiger partial charge < -0.3 is 15.5 Å². The number of nitrogens with two attached hydrogens (primary N) is 2. The number of carbonyl (C=O) groups is 1. The van der Waals surface area contributed by atoms with Crippen molar-refractivity contribution in [2.75, 3.05) is 13.7 Å². The van der Waals surface area contributed by atoms with Crippen molar-refractivity contribution >= 4 is 11.7 Å². The monoisotopic (exact) mass is 306 g/mol. The molecule has 0 spiro atoms. The molecule has 1 rings (SSSR count). The van der Waals surface area contributed by atoms with Crippen LogP contribution in [-0.4, -0.2) is 29.6 Å². The second-order valence-corrected chi connectivity index (χ2v) is 5.16. The highest BCUT2D eigenvalue weighted by Gasteiger charge is 2.01. The molecule has 0 amide bonds. The molecular weight excluding hydrogens is 280 g/mol. The Morgan fingerprint density at radius 3 is 2.73 bits per heavy atom. The summed E-state index contributed by atoms with van der Waals surface area (Å²) in [5.74, 6) is 5.77. The van der Waals surface area contributed by atoms with E-state index in [1.807, 2.05) is 12.1 Å². The fourth-order valence-electron chi connectivity index (χ4n) is 2.05. The van der Waals surface area contributed by atoms with Gasteiger partial charge in [0.25, 0.3) is 0 Å². The quantitative estimate of drug-likeness (QED) is 0.297. The zero-order valence-electron chi connectivity index (χ0n) is 13.2. The smallest absolute Gasteiger partial charge is 0.305 e. The molecule has 122 valence electrons. The Labute approximate surface area is 132 Å². The molecule has 0 bridgehead atoms. The summed E-state index contributed by atoms with van der Waals surface area (Å²) in [5.41, 5.74) is 7.43. The third-order valence-electron chi connectivity index (χ3n) is 3.32. The van der Waals surface area contributed by atoms with E-state index in [1.165, 1.54) is 7.11 Å². The van der Waals surface area contributed by atoms with Gasteiger partial charge in [0.15, 0.2) is 0 Å². The van der Waals surface area contributed by atoms with Gasteiger partial charge in [0.2, 0.25) is 0 Å². The lowest BCUT2D eigenvalue weighted by Gasteiger charge is -2.14. The van der Waals surface area contributed by atoms with Gasteiger partial charge >= 0.3 is 5.97 Å². The number of ether oxygens (including phenoxy) is 1. The fourth-order valence-corrected chi connectivity index (χ4v) is 2.05. The molecule has 1 heterocycles. The first-order valence-corrected chi connectivity index (χ1v) is 7.59. The van der Waals surface area contributed by atoms with E-state index < -0.39 is 0 Å². The average molecular weight is 306 g/mol. The van der Waals surface area contributed by atoms with Crippen LogP contribution in [0.1, 0.15) is 44.1 Å². The van der Waals surface area contributed by atoms with Crippen LogP contribution in [0.4, 0.5) is 0 Å². The van der Waals surface area contributed by atoms with Crippen LogP contribution >= 0.6 is 0 Å². The van der Waals surface area contributed by atoms with Crippen molar-refractivity contribution in [3.05, 3.63) is 36.3 Å². The molecule has 0 atom stereocenters. The number of pyridine rings is 1. The van der Waals surface area contributed by atoms with Gasteiger partial charge in [-0.3, -0.25) is 9.78 Å². The van der Waals surface area contributed by atoms with Crippen LogP contribution in [0, 0.1) is 0 Å². The first kappa shape index (κ1) is 18.0. The topological polar surface area (TPSA) is 94.5 Å². The first-order chi connectivity index (χ1) is 10.6. The van der Waals surface area contributed by atoms with Crippen LogP contribution in [-0.2, 0) is 9.53 Å². The van der Waals surface area contributed by atoms with Gasteiger partial charge in [0.1, 0.15) is 0 Å². The highest BCUT2D eigenvalue weighted by molar-refractivity contribution is 5.68. The van der Waals surface area contributed by atoms with Crippen LogP contribution in [0.5, 0.6) is 0 Å². The van der Waals surface area contributed by atoms with Crippen LogP contribution in [0.25, 0.3) is 5.70 Å². The summed E-state index contributed by atoms with van der Waals surface area (Å²) in [6.07, 6.45) is 10.7. The maximum atomic E-state index is 10.9. The number of hydrogen-bond acceptors (Lipinski definition) is 6. The molecule has 0 aromatic carbocycles. The van der Waals surface area contributed by atoms with Crippen molar-refractivity contribution in [2.24, 2.45) is 11.6 Å². The average Bonchev–Trinajstić information content (AvgIpc) is 2.54. The van der Waals surface area contributed by atoms with Crippen molar-refractivity contribution in [1.82, 2.24) is 9.99 Å². The lowest BCUT2D eigenvalue weighted by atomic mass is 10.1. The Morgan fingerprint density at radius 1 is 1.32 bits per heavy atom. The van der Waals surface area contributed by atoms with Crippen molar-refractivity contribution < 1.29 is 9.53 Å². The lowest BCUT2D eigenvalue weighted by Crippen LogP contribution is -2.27. The molecule has 0 unspecified atom stereocenters. The van der Waals surface area contributed by atoms with E-state index in [4.69, 9.17) is 11.6 Å². The second kappa shape index (κ2) is 10.6. The van der Waals surface area contributed by atoms with Gasteiger partial charge in [-0.05, 0) is 25.0 Å². The lowest BCUT2D eigenvalue weighted by molar-refractivity contribution is -0.140. The number of aromatic nitrogens is 1. The van der Waals surface area contributed by atoms with E-state index in [0.717, 1.165) is 44.2 Å². The van der Waals surface area contributed by atoms with Gasteiger partial charge in [-0.25, -0.2) is 5.84 Å². The minimum atomic E-state index is -0.135. The van der Waals surface area contributed by atoms with Crippen LogP contribution in [0.2, 0.25) is 0 Å². The van der Waals surface area contributed by atoms with Crippen molar-refractivity contribution in [2.45, 2.75) is 38.5 Å². The van der Waals surface area contributed by atoms with Crippen molar-refractivity contribution in [1.29, 1.82) is 0 Å². The molecule has 0 aliphatic heterocycles. The maximum Gasteiger partial charge on any atom is 0.305 e. The summed E-state index contributed by atoms with van der Waals surface area (Å²) < 4.78 is 4.60. The number of hydrazine groups is 1. The minimum Gasteiger partial charge on any atom is -0.469 e. The third kappa shape index (κ3) is 7.64. The number of rotatable bonds is 10. The van der Waals surface area contributed by atoms with E-state index in [1.54, 1.807) is 23.6 Å². The SMILES string of the molecule is COC(=O)CCCCCCCN(N)/C=C(\N)c1cccnc1. The van der Waals surface area contributed by atoms with Crippen LogP contribution in [0.15, 0.2) is 30.7 Å². The first-order valence-electron chi connectivity index (χ1n) is 7.59. The highest BCUT2D eigenvalue weighted by atomic mass is 16.5. The number of hydrogen-bond donors (Lipinski definition) is 2. The number of nitrogens with zero attached hydrogens (tertiary/aromatic N) is 2. The molecule has 22 heavy (non-hydrogen) atoms. The largest absolute Gasteiger partial charge is 0.469 e. The molecular formula is C16H26N4O2. The fraction of sp³-hybridized carbons (Fsp3) is 0.500. The minimum absolute atomic E-state index is 0.135. The molecule has 0 aliphatic rings. The van der Waals surface area contributed by atoms with Gasteiger partial charge in [0, 0.05) is 37.1 Å². The summed E-state index contributed by atoms with van der Waals surface area (Å²) >= 11 is 0. The zero-order chi connectivity index (χ0) is 16.2. The molecule has 0 saturated carbocycles. The molecule has 6 nitrogen and oxygen atoms in total. The van der Waals surface area contributed by atoms with Crippen molar-refractivity contribution in [3.63, 3.8) is 0 Å². The van der Waals surface area contributed by atoms with Gasteiger partial charge in [-0.1, -0.05) is 19.3 Å². The molecule has 0 fully saturated rings. The van der Waals surface area contributed by atoms with Crippen LogP contribution < -0.4 is 11.6 Å². The number of methoxy groups -OCH3 is 1. The zero-order valence-corrected chi connectivity index (χ0v) is 13.2. The standard InChI is InChI=1S/C16H26N4O2/c1-22-16(21)9-5-3-2-4-6-11-20(18)13-15(17)14-8-7-10-19-12-14/h7-8,10,12-13H,2-6,9,11,17-18H2,1H3/b15-13-. The van der Waals surface area contributed by atoms with E-state index in [2.05, 4.69) is 9.72 Å². The number of unbranched alkanes of at least 4 members (excludes halogenated alkanes) is 4. The normalized spacial score (nSPS) is 11.3. The predicted octanol–water partition coefficient (Wildman–Crippen LogP) is 2.03. The summed E-state index contributed by atoms with van der Waals surface area (Å²) in [5, 5.41) is 1.61. The molecule has 0 aliphatic carbocycles. The highest BCUT2D eigenvalue weighted by Crippen LogP contribution is 2.08. The second-order valence-electron chi connectivity index (χ2n) is 5.16. The Bertz CT molecular complexity index is 462. The predicted molar refractivity (Wildman–Crippen MR) is 87.0 cm³/mol. The summed E-state index contributed by atoms with van der Waals surface area (Å²) in [7, 11) is 1.42. The van der Waals surface area contributed by atoms with E-state index in [-0.39, 0.29) is 5.97 Å². The van der Waals surface area contributed by atoms with Gasteiger partial charge in [-0.2, -0.15) is 0 Å². The molecule has 1 aromatic heterocycles. The molecule has 0 radical (unpaired) electrons. The van der Waals surface area contributed by atoms with Crippen molar-refractivity contribution in [3.8, 4) is 0 Å². The molecule has 1 aromatic rings. The third-order valence-corrected chi connectivity index (χ3v) is 3.32. The summed E-state index contributed by atoms with van der Waals surface area (Å²) in [4.78, 5) is 15.0. The Kier molecular flexibility index (Phi) is 8.67. The number of esters is 1. The van der Waals surface area contributed by atoms with Crippen LogP contribution in [0.3, 0.4) is 0 Å². The molecule has 0 saturated heterocycles. The van der Waals surface area contributed by atoms with Gasteiger partial charge in [0.05, 0.1) is 12.8 Å². The summed E-state index contributed by atoms with van der Waals surface area (Å²) in [6.45, 7) is 0.748. The number of carbonyl (C=O) groups excluding carboxylic acids is 1. The van der Waals surface area contributed by atoms with E-state index >= 15 is 0 Å².